The summed E-state index contributed by atoms with van der Waals surface area (Å²) in [6.07, 6.45) is 3.45. The summed E-state index contributed by atoms with van der Waals surface area (Å²) in [5.41, 5.74) is 4.80. The van der Waals surface area contributed by atoms with Crippen molar-refractivity contribution in [3.05, 3.63) is 42.5 Å². The smallest absolute Gasteiger partial charge is 0.141 e. The van der Waals surface area contributed by atoms with Crippen molar-refractivity contribution in [2.45, 2.75) is 6.92 Å². The van der Waals surface area contributed by atoms with Crippen molar-refractivity contribution in [3.63, 3.8) is 0 Å². The fourth-order valence-corrected chi connectivity index (χ4v) is 2.37. The van der Waals surface area contributed by atoms with Crippen LogP contribution in [0, 0.1) is 6.92 Å². The zero-order chi connectivity index (χ0) is 13.5. The van der Waals surface area contributed by atoms with Crippen LogP contribution in [0.3, 0.4) is 0 Å². The van der Waals surface area contributed by atoms with E-state index in [4.69, 9.17) is 0 Å². The third-order valence-electron chi connectivity index (χ3n) is 3.34. The minimum absolute atomic E-state index is 0.799. The van der Waals surface area contributed by atoms with Crippen molar-refractivity contribution in [2.24, 2.45) is 0 Å². The van der Waals surface area contributed by atoms with E-state index in [1.165, 1.54) is 0 Å². The van der Waals surface area contributed by atoms with Crippen LogP contribution in [-0.4, -0.2) is 25.1 Å². The average molecular weight is 264 g/mol. The number of fused-ring (bicyclic) bond motifs is 2. The molecule has 0 spiro atoms. The molecular weight excluding hydrogens is 252 g/mol. The Morgan fingerprint density at radius 1 is 1.10 bits per heavy atom. The number of H-pyrrole nitrogens is 2. The number of anilines is 2. The Bertz CT molecular complexity index is 904. The Hall–Kier alpha value is -2.89. The number of rotatable bonds is 2. The maximum atomic E-state index is 4.41. The number of aromatic amines is 2. The van der Waals surface area contributed by atoms with Crippen LogP contribution >= 0.6 is 0 Å². The van der Waals surface area contributed by atoms with E-state index >= 15 is 0 Å². The third kappa shape index (κ3) is 1.62. The molecule has 0 unspecified atom stereocenters. The Labute approximate surface area is 114 Å². The number of imidazole rings is 1. The van der Waals surface area contributed by atoms with Crippen LogP contribution in [-0.2, 0) is 0 Å². The molecule has 20 heavy (non-hydrogen) atoms. The van der Waals surface area contributed by atoms with Crippen molar-refractivity contribution in [1.29, 1.82) is 0 Å². The van der Waals surface area contributed by atoms with Crippen LogP contribution < -0.4 is 5.32 Å². The average Bonchev–Trinajstić information content (AvgIpc) is 3.06. The molecule has 6 nitrogen and oxygen atoms in total. The summed E-state index contributed by atoms with van der Waals surface area (Å²) in [7, 11) is 0. The summed E-state index contributed by atoms with van der Waals surface area (Å²) in [6, 6.07) is 7.88. The zero-order valence-electron chi connectivity index (χ0n) is 10.8. The van der Waals surface area contributed by atoms with Gasteiger partial charge in [0.1, 0.15) is 5.82 Å². The molecule has 3 N–H and O–H groups in total. The summed E-state index contributed by atoms with van der Waals surface area (Å²) >= 11 is 0. The monoisotopic (exact) mass is 264 g/mol. The maximum Gasteiger partial charge on any atom is 0.141 e. The minimum Gasteiger partial charge on any atom is -0.345 e. The lowest BCUT2D eigenvalue weighted by atomic mass is 10.2. The van der Waals surface area contributed by atoms with Crippen LogP contribution in [0.1, 0.15) is 5.69 Å². The highest BCUT2D eigenvalue weighted by molar-refractivity contribution is 5.93. The first-order valence-electron chi connectivity index (χ1n) is 6.31. The van der Waals surface area contributed by atoms with Crippen LogP contribution in [0.2, 0.25) is 0 Å². The van der Waals surface area contributed by atoms with E-state index in [2.05, 4.69) is 30.5 Å². The van der Waals surface area contributed by atoms with E-state index < -0.39 is 0 Å². The van der Waals surface area contributed by atoms with Gasteiger partial charge in [0.05, 0.1) is 34.0 Å². The van der Waals surface area contributed by atoms with E-state index in [1.54, 1.807) is 12.5 Å². The molecule has 0 amide bonds. The first kappa shape index (κ1) is 11.0. The normalized spacial score (nSPS) is 11.2. The second-order valence-corrected chi connectivity index (χ2v) is 4.65. The number of hydrogen-bond donors (Lipinski definition) is 3. The number of aromatic nitrogens is 5. The quantitative estimate of drug-likeness (QED) is 0.520. The van der Waals surface area contributed by atoms with Crippen LogP contribution in [0.5, 0.6) is 0 Å². The SMILES string of the molecule is Cc1n[nH]c2ccnc(Nc3ccc4nc[nH]c4c3)c12. The van der Waals surface area contributed by atoms with Crippen molar-refractivity contribution in [1.82, 2.24) is 25.1 Å². The number of hydrogen-bond acceptors (Lipinski definition) is 4. The molecule has 0 saturated carbocycles. The van der Waals surface area contributed by atoms with Gasteiger partial charge in [-0.05, 0) is 31.2 Å². The number of nitrogens with zero attached hydrogens (tertiary/aromatic N) is 3. The molecule has 0 aliphatic carbocycles. The molecule has 0 bridgehead atoms. The third-order valence-corrected chi connectivity index (χ3v) is 3.34. The largest absolute Gasteiger partial charge is 0.345 e. The van der Waals surface area contributed by atoms with Crippen LogP contribution in [0.25, 0.3) is 21.9 Å². The summed E-state index contributed by atoms with van der Waals surface area (Å²) in [4.78, 5) is 11.7. The predicted octanol–water partition coefficient (Wildman–Crippen LogP) is 2.89. The summed E-state index contributed by atoms with van der Waals surface area (Å²) in [6.45, 7) is 1.96. The highest BCUT2D eigenvalue weighted by Crippen LogP contribution is 2.26. The van der Waals surface area contributed by atoms with E-state index in [0.717, 1.165) is 39.1 Å². The lowest BCUT2D eigenvalue weighted by Gasteiger charge is -2.07. The lowest BCUT2D eigenvalue weighted by Crippen LogP contribution is -1.94. The highest BCUT2D eigenvalue weighted by Gasteiger charge is 2.08. The first-order valence-corrected chi connectivity index (χ1v) is 6.31. The Balaban J connectivity index is 1.81. The molecule has 3 aromatic heterocycles. The standard InChI is InChI=1S/C14H12N6/c1-8-13-11(20-19-8)4-5-15-14(13)18-9-2-3-10-12(6-9)17-7-16-10/h2-7H,1H3,(H,15,18)(H,16,17)(H,19,20). The maximum absolute atomic E-state index is 4.41. The van der Waals surface area contributed by atoms with Gasteiger partial charge in [-0.2, -0.15) is 5.10 Å². The van der Waals surface area contributed by atoms with E-state index in [9.17, 15) is 0 Å². The van der Waals surface area contributed by atoms with Gasteiger partial charge in [0.15, 0.2) is 0 Å². The number of nitrogens with one attached hydrogen (secondary N) is 3. The van der Waals surface area contributed by atoms with Crippen LogP contribution in [0.15, 0.2) is 36.8 Å². The molecule has 1 aromatic carbocycles. The summed E-state index contributed by atoms with van der Waals surface area (Å²) in [5.74, 6) is 0.799. The van der Waals surface area contributed by atoms with Gasteiger partial charge in [-0.25, -0.2) is 9.97 Å². The molecule has 98 valence electrons. The molecule has 6 heteroatoms. The molecule has 4 rings (SSSR count). The topological polar surface area (TPSA) is 82.3 Å². The van der Waals surface area contributed by atoms with Gasteiger partial charge in [-0.15, -0.1) is 0 Å². The molecule has 0 fully saturated rings. The Morgan fingerprint density at radius 3 is 3.00 bits per heavy atom. The second kappa shape index (κ2) is 4.06. The Kier molecular flexibility index (Phi) is 2.23. The van der Waals surface area contributed by atoms with Crippen molar-refractivity contribution in [3.8, 4) is 0 Å². The van der Waals surface area contributed by atoms with Gasteiger partial charge in [-0.1, -0.05) is 0 Å². The second-order valence-electron chi connectivity index (χ2n) is 4.65. The van der Waals surface area contributed by atoms with Gasteiger partial charge in [-0.3, -0.25) is 5.10 Å². The minimum atomic E-state index is 0.799. The van der Waals surface area contributed by atoms with Crippen molar-refractivity contribution >= 4 is 33.4 Å². The molecule has 0 saturated heterocycles. The predicted molar refractivity (Wildman–Crippen MR) is 78.0 cm³/mol. The van der Waals surface area contributed by atoms with Gasteiger partial charge in [0, 0.05) is 11.9 Å². The number of benzene rings is 1. The Morgan fingerprint density at radius 2 is 2.05 bits per heavy atom. The molecular formula is C14H12N6. The van der Waals surface area contributed by atoms with E-state index in [-0.39, 0.29) is 0 Å². The van der Waals surface area contributed by atoms with E-state index in [0.29, 0.717) is 0 Å². The molecule has 0 atom stereocenters. The van der Waals surface area contributed by atoms with Gasteiger partial charge < -0.3 is 10.3 Å². The summed E-state index contributed by atoms with van der Waals surface area (Å²) in [5, 5.41) is 11.6. The van der Waals surface area contributed by atoms with Gasteiger partial charge >= 0.3 is 0 Å². The summed E-state index contributed by atoms with van der Waals surface area (Å²) < 4.78 is 0. The lowest BCUT2D eigenvalue weighted by molar-refractivity contribution is 1.07. The van der Waals surface area contributed by atoms with Crippen LogP contribution in [0.4, 0.5) is 11.5 Å². The molecule has 0 radical (unpaired) electrons. The number of pyridine rings is 1. The fourth-order valence-electron chi connectivity index (χ4n) is 2.37. The highest BCUT2D eigenvalue weighted by atomic mass is 15.1. The van der Waals surface area contributed by atoms with Crippen molar-refractivity contribution < 1.29 is 0 Å². The van der Waals surface area contributed by atoms with Crippen molar-refractivity contribution in [2.75, 3.05) is 5.32 Å². The molecule has 0 aliphatic rings. The molecule has 4 aromatic rings. The first-order chi connectivity index (χ1) is 9.81. The van der Waals surface area contributed by atoms with E-state index in [1.807, 2.05) is 31.2 Å². The molecule has 3 heterocycles. The molecule has 0 aliphatic heterocycles. The fraction of sp³-hybridized carbons (Fsp3) is 0.0714. The van der Waals surface area contributed by atoms with Gasteiger partial charge in [0.25, 0.3) is 0 Å². The zero-order valence-corrected chi connectivity index (χ0v) is 10.8. The number of aryl methyl sites for hydroxylation is 1. The van der Waals surface area contributed by atoms with Gasteiger partial charge in [0.2, 0.25) is 0 Å².